The van der Waals surface area contributed by atoms with Crippen molar-refractivity contribution in [1.82, 2.24) is 9.78 Å². The first-order valence-electron chi connectivity index (χ1n) is 12.3. The average molecular weight is 602 g/mol. The number of fused-ring (bicyclic) bond motifs is 3. The first-order chi connectivity index (χ1) is 18.5. The molecule has 1 aliphatic carbocycles. The van der Waals surface area contributed by atoms with E-state index in [4.69, 9.17) is 28.3 Å². The van der Waals surface area contributed by atoms with Crippen molar-refractivity contribution >= 4 is 49.8 Å². The fraction of sp³-hybridized carbons (Fsp3) is 0.0938. The van der Waals surface area contributed by atoms with Gasteiger partial charge in [0.15, 0.2) is 0 Å². The van der Waals surface area contributed by atoms with Gasteiger partial charge in [-0.25, -0.2) is 0 Å². The summed E-state index contributed by atoms with van der Waals surface area (Å²) in [6, 6.07) is 30.2. The summed E-state index contributed by atoms with van der Waals surface area (Å²) in [7, 11) is 0. The van der Waals surface area contributed by atoms with Crippen LogP contribution in [-0.4, -0.2) is 29.8 Å². The van der Waals surface area contributed by atoms with Gasteiger partial charge in [0.05, 0.1) is 0 Å². The van der Waals surface area contributed by atoms with Gasteiger partial charge in [0, 0.05) is 0 Å². The Labute approximate surface area is 238 Å². The van der Waals surface area contributed by atoms with Crippen molar-refractivity contribution in [3.05, 3.63) is 129 Å². The Morgan fingerprint density at radius 3 is 2.32 bits per heavy atom. The Balaban J connectivity index is 1.61. The molecular weight excluding hydrogens is 578 g/mol. The van der Waals surface area contributed by atoms with Gasteiger partial charge in [0.25, 0.3) is 0 Å². The number of para-hydroxylation sites is 1. The monoisotopic (exact) mass is 602 g/mol. The summed E-state index contributed by atoms with van der Waals surface area (Å²) in [5.41, 5.74) is 9.87. The van der Waals surface area contributed by atoms with Crippen molar-refractivity contribution in [1.29, 1.82) is 0 Å². The van der Waals surface area contributed by atoms with Crippen LogP contribution in [0.5, 0.6) is 0 Å². The van der Waals surface area contributed by atoms with E-state index in [9.17, 15) is 5.11 Å². The van der Waals surface area contributed by atoms with Gasteiger partial charge in [-0.05, 0) is 0 Å². The fourth-order valence-electron chi connectivity index (χ4n) is 5.09. The fourth-order valence-corrected chi connectivity index (χ4v) is 6.53. The number of aliphatic hydroxyl groups is 1. The molecule has 0 radical (unpaired) electrons. The average Bonchev–Trinajstić information content (AvgIpc) is 3.49. The molecule has 6 heteroatoms. The zero-order valence-corrected chi connectivity index (χ0v) is 23.8. The second kappa shape index (κ2) is 10.6. The molecule has 1 atom stereocenters. The van der Waals surface area contributed by atoms with E-state index in [1.54, 1.807) is 0 Å². The molecule has 6 rings (SSSR count). The number of nitrogens with zero attached hydrogens (tertiary/aromatic N) is 2. The van der Waals surface area contributed by atoms with Crippen molar-refractivity contribution in [2.75, 3.05) is 0 Å². The summed E-state index contributed by atoms with van der Waals surface area (Å²) in [6.45, 7) is 0. The van der Waals surface area contributed by atoms with Gasteiger partial charge in [0.1, 0.15) is 0 Å². The SMILES string of the molecule is C[Se]CC(O)c1cc(Cl)cc2c1-c1ccc(Cl)cc1C2=Cc1cn(-c2ccccc2)nc1-c1ccccc1. The van der Waals surface area contributed by atoms with Crippen LogP contribution in [0.15, 0.2) is 97.2 Å². The first-order valence-corrected chi connectivity index (χ1v) is 15.9. The Morgan fingerprint density at radius 2 is 1.58 bits per heavy atom. The summed E-state index contributed by atoms with van der Waals surface area (Å²) in [4.78, 5) is 0. The van der Waals surface area contributed by atoms with Crippen molar-refractivity contribution in [3.8, 4) is 28.1 Å². The predicted molar refractivity (Wildman–Crippen MR) is 159 cm³/mol. The van der Waals surface area contributed by atoms with E-state index < -0.39 is 6.10 Å². The van der Waals surface area contributed by atoms with Crippen molar-refractivity contribution in [3.63, 3.8) is 0 Å². The third-order valence-electron chi connectivity index (χ3n) is 6.76. The molecule has 1 aliphatic rings. The van der Waals surface area contributed by atoms with Crippen LogP contribution in [0.4, 0.5) is 0 Å². The second-order valence-electron chi connectivity index (χ2n) is 9.22. The van der Waals surface area contributed by atoms with Crippen LogP contribution in [0.3, 0.4) is 0 Å². The van der Waals surface area contributed by atoms with Crippen molar-refractivity contribution < 1.29 is 5.11 Å². The van der Waals surface area contributed by atoms with Crippen LogP contribution in [0, 0.1) is 0 Å². The molecule has 1 N–H and O–H groups in total. The van der Waals surface area contributed by atoms with E-state index in [1.165, 1.54) is 0 Å². The normalized spacial score (nSPS) is 13.9. The van der Waals surface area contributed by atoms with Crippen LogP contribution in [0.25, 0.3) is 39.7 Å². The van der Waals surface area contributed by atoms with E-state index in [2.05, 4.69) is 30.2 Å². The molecule has 0 saturated carbocycles. The molecule has 0 spiro atoms. The predicted octanol–water partition coefficient (Wildman–Crippen LogP) is 8.62. The number of hydrogen-bond acceptors (Lipinski definition) is 2. The van der Waals surface area contributed by atoms with Crippen LogP contribution in [0.2, 0.25) is 21.2 Å². The molecule has 0 aliphatic heterocycles. The van der Waals surface area contributed by atoms with Gasteiger partial charge in [-0.15, -0.1) is 0 Å². The Hall–Kier alpha value is -3.11. The maximum atomic E-state index is 11.1. The van der Waals surface area contributed by atoms with Gasteiger partial charge >= 0.3 is 215 Å². The van der Waals surface area contributed by atoms with Gasteiger partial charge < -0.3 is 0 Å². The number of aliphatic hydroxyl groups excluding tert-OH is 1. The van der Waals surface area contributed by atoms with Crippen LogP contribution < -0.4 is 0 Å². The zero-order chi connectivity index (χ0) is 26.2. The molecule has 3 nitrogen and oxygen atoms in total. The molecular formula is C32H24Cl2N2OSe. The topological polar surface area (TPSA) is 38.0 Å². The Bertz CT molecular complexity index is 1660. The molecule has 38 heavy (non-hydrogen) atoms. The summed E-state index contributed by atoms with van der Waals surface area (Å²) in [5.74, 6) is 2.13. The van der Waals surface area contributed by atoms with Gasteiger partial charge in [-0.1, -0.05) is 24.3 Å². The first kappa shape index (κ1) is 25.2. The van der Waals surface area contributed by atoms with Crippen molar-refractivity contribution in [2.45, 2.75) is 17.2 Å². The number of aromatic nitrogens is 2. The molecule has 0 bridgehead atoms. The summed E-state index contributed by atoms with van der Waals surface area (Å²) >= 11 is 13.5. The van der Waals surface area contributed by atoms with Crippen LogP contribution in [-0.2, 0) is 0 Å². The molecule has 0 saturated heterocycles. The van der Waals surface area contributed by atoms with E-state index in [-0.39, 0.29) is 0 Å². The third kappa shape index (κ3) is 4.64. The third-order valence-corrected chi connectivity index (χ3v) is 8.57. The van der Waals surface area contributed by atoms with Gasteiger partial charge in [-0.2, -0.15) is 0 Å². The van der Waals surface area contributed by atoms with Crippen LogP contribution >= 0.6 is 23.2 Å². The summed E-state index contributed by atoms with van der Waals surface area (Å²) in [6.07, 6.45) is 3.66. The molecule has 1 unspecified atom stereocenters. The van der Waals surface area contributed by atoms with E-state index in [1.807, 2.05) is 83.5 Å². The number of halogens is 2. The van der Waals surface area contributed by atoms with E-state index in [0.717, 1.165) is 61.2 Å². The molecule has 0 amide bonds. The van der Waals surface area contributed by atoms with Gasteiger partial charge in [0.2, 0.25) is 0 Å². The Kier molecular flexibility index (Phi) is 7.01. The Morgan fingerprint density at radius 1 is 0.868 bits per heavy atom. The number of rotatable bonds is 6. The minimum atomic E-state index is -0.573. The molecule has 1 heterocycles. The van der Waals surface area contributed by atoms with E-state index >= 15 is 0 Å². The minimum absolute atomic E-state index is 0.325. The van der Waals surface area contributed by atoms with E-state index in [0.29, 0.717) is 25.0 Å². The summed E-state index contributed by atoms with van der Waals surface area (Å²) < 4.78 is 1.92. The number of benzene rings is 4. The molecule has 0 fully saturated rings. The maximum absolute atomic E-state index is 11.1. The number of hydrogen-bond donors (Lipinski definition) is 1. The quantitative estimate of drug-likeness (QED) is 0.194. The standard InChI is InChI=1S/C32H24Cl2N2OSe/c1-38-19-30(37)29-17-23(34)16-28-26(27-15-22(33)12-13-25(27)31(28)29)14-21-18-36(24-10-6-3-7-11-24)35-32(21)20-8-4-2-5-9-20/h2-18,30,37H,19H2,1H3. The van der Waals surface area contributed by atoms with Crippen molar-refractivity contribution in [2.24, 2.45) is 0 Å². The van der Waals surface area contributed by atoms with Crippen LogP contribution in [0.1, 0.15) is 28.4 Å². The summed E-state index contributed by atoms with van der Waals surface area (Å²) in [5, 5.41) is 18.1. The second-order valence-corrected chi connectivity index (χ2v) is 12.0. The molecule has 5 aromatic rings. The molecule has 4 aromatic carbocycles. The zero-order valence-electron chi connectivity index (χ0n) is 20.6. The van der Waals surface area contributed by atoms with Gasteiger partial charge in [-0.3, -0.25) is 0 Å². The molecule has 188 valence electrons. The molecule has 1 aromatic heterocycles.